The molecule has 24 heavy (non-hydrogen) atoms. The summed E-state index contributed by atoms with van der Waals surface area (Å²) in [4.78, 5) is 11.0. The molecule has 6 nitrogen and oxygen atoms in total. The average Bonchev–Trinajstić information content (AvgIpc) is 3.03. The number of carboxylic acids is 1. The molecule has 122 valence electrons. The van der Waals surface area contributed by atoms with Gasteiger partial charge in [-0.2, -0.15) is 5.53 Å². The number of carboxylic acid groups (broad SMARTS) is 1. The maximum atomic E-state index is 11.0. The van der Waals surface area contributed by atoms with Crippen LogP contribution in [0.1, 0.15) is 11.1 Å². The van der Waals surface area contributed by atoms with Crippen LogP contribution in [0.3, 0.4) is 0 Å². The van der Waals surface area contributed by atoms with Crippen molar-refractivity contribution in [2.24, 2.45) is 0 Å². The van der Waals surface area contributed by atoms with Crippen molar-refractivity contribution in [2.75, 3.05) is 0 Å². The quantitative estimate of drug-likeness (QED) is 0.632. The van der Waals surface area contributed by atoms with Crippen molar-refractivity contribution in [2.45, 2.75) is 12.3 Å². The van der Waals surface area contributed by atoms with Crippen LogP contribution in [0.4, 0.5) is 0 Å². The van der Waals surface area contributed by atoms with Crippen LogP contribution in [0.5, 0.6) is 5.75 Å². The molecule has 1 fully saturated rings. The van der Waals surface area contributed by atoms with E-state index in [9.17, 15) is 4.79 Å². The molecule has 1 aliphatic heterocycles. The first-order valence-corrected chi connectivity index (χ1v) is 7.53. The molecule has 0 radical (unpaired) electrons. The molecule has 2 unspecified atom stereocenters. The Kier molecular flexibility index (Phi) is 4.99. The fraction of sp³-hybridized carbons (Fsp3) is 0.118. The van der Waals surface area contributed by atoms with E-state index in [1.54, 1.807) is 36.4 Å². The van der Waals surface area contributed by atoms with Gasteiger partial charge in [0, 0.05) is 16.1 Å². The third-order valence-corrected chi connectivity index (χ3v) is 3.54. The summed E-state index contributed by atoms with van der Waals surface area (Å²) in [5, 5.41) is 9.70. The van der Waals surface area contributed by atoms with E-state index in [-0.39, 0.29) is 0 Å². The molecule has 1 aliphatic rings. The highest BCUT2D eigenvalue weighted by Crippen LogP contribution is 2.15. The lowest BCUT2D eigenvalue weighted by atomic mass is 10.2. The van der Waals surface area contributed by atoms with E-state index in [2.05, 4.69) is 28.2 Å². The van der Waals surface area contributed by atoms with Gasteiger partial charge in [-0.25, -0.2) is 10.9 Å². The highest BCUT2D eigenvalue weighted by molar-refractivity contribution is 6.30. The standard InChI is InChI=1S/C17H14ClN3O3/c18-13-3-1-2-12(10-13)5-4-11-6-8-14(9-7-11)24-16-15(17(22)23)19-21-20-16/h1-3,6-10,15-16,19-21H,(H,22,23). The first kappa shape index (κ1) is 16.3. The Balaban J connectivity index is 1.67. The summed E-state index contributed by atoms with van der Waals surface area (Å²) in [6.07, 6.45) is -0.717. The molecule has 4 N–H and O–H groups in total. The number of carbonyl (C=O) groups is 1. The molecular formula is C17H14ClN3O3. The molecule has 0 aromatic heterocycles. The molecule has 2 aromatic rings. The number of nitrogens with one attached hydrogen (secondary N) is 3. The van der Waals surface area contributed by atoms with Crippen LogP contribution in [-0.4, -0.2) is 23.3 Å². The number of rotatable bonds is 3. The van der Waals surface area contributed by atoms with Crippen LogP contribution in [0.25, 0.3) is 0 Å². The molecule has 0 amide bonds. The van der Waals surface area contributed by atoms with Crippen molar-refractivity contribution in [1.29, 1.82) is 0 Å². The maximum absolute atomic E-state index is 11.0. The summed E-state index contributed by atoms with van der Waals surface area (Å²) < 4.78 is 5.60. The SMILES string of the molecule is O=C(O)C1NNNC1Oc1ccc(C#Cc2cccc(Cl)c2)cc1. The number of hydrazine groups is 2. The summed E-state index contributed by atoms with van der Waals surface area (Å²) >= 11 is 5.92. The summed E-state index contributed by atoms with van der Waals surface area (Å²) in [6, 6.07) is 13.5. The van der Waals surface area contributed by atoms with Gasteiger partial charge in [0.25, 0.3) is 0 Å². The zero-order chi connectivity index (χ0) is 16.9. The molecular weight excluding hydrogens is 330 g/mol. The number of hydrogen-bond acceptors (Lipinski definition) is 5. The molecule has 2 aromatic carbocycles. The second kappa shape index (κ2) is 7.34. The van der Waals surface area contributed by atoms with E-state index in [0.29, 0.717) is 10.8 Å². The fourth-order valence-electron chi connectivity index (χ4n) is 2.11. The van der Waals surface area contributed by atoms with Gasteiger partial charge in [-0.3, -0.25) is 4.79 Å². The number of benzene rings is 2. The Bertz CT molecular complexity index is 799. The second-order valence-electron chi connectivity index (χ2n) is 5.05. The minimum atomic E-state index is -1.01. The van der Waals surface area contributed by atoms with Crippen molar-refractivity contribution in [1.82, 2.24) is 16.4 Å². The third kappa shape index (κ3) is 4.04. The second-order valence-corrected chi connectivity index (χ2v) is 5.49. The Morgan fingerprint density at radius 1 is 1.08 bits per heavy atom. The van der Waals surface area contributed by atoms with Gasteiger partial charge in [-0.05, 0) is 42.5 Å². The lowest BCUT2D eigenvalue weighted by Gasteiger charge is -2.16. The zero-order valence-corrected chi connectivity index (χ0v) is 13.2. The van der Waals surface area contributed by atoms with Crippen LogP contribution < -0.4 is 21.1 Å². The topological polar surface area (TPSA) is 82.6 Å². The number of hydrogen-bond donors (Lipinski definition) is 4. The van der Waals surface area contributed by atoms with Gasteiger partial charge in [-0.1, -0.05) is 29.5 Å². The van der Waals surface area contributed by atoms with Gasteiger partial charge in [0.1, 0.15) is 5.75 Å². The third-order valence-electron chi connectivity index (χ3n) is 3.30. The van der Waals surface area contributed by atoms with E-state index in [0.717, 1.165) is 11.1 Å². The van der Waals surface area contributed by atoms with Gasteiger partial charge in [0.05, 0.1) is 0 Å². The van der Waals surface area contributed by atoms with Crippen molar-refractivity contribution in [3.63, 3.8) is 0 Å². The van der Waals surface area contributed by atoms with Gasteiger partial charge < -0.3 is 9.84 Å². The van der Waals surface area contributed by atoms with Crippen LogP contribution in [0.15, 0.2) is 48.5 Å². The first-order chi connectivity index (χ1) is 11.6. The predicted octanol–water partition coefficient (Wildman–Crippen LogP) is 1.51. The van der Waals surface area contributed by atoms with Crippen LogP contribution in [0, 0.1) is 11.8 Å². The normalized spacial score (nSPS) is 19.4. The molecule has 0 bridgehead atoms. The molecule has 7 heteroatoms. The monoisotopic (exact) mass is 343 g/mol. The summed E-state index contributed by atoms with van der Waals surface area (Å²) in [5.41, 5.74) is 9.45. The van der Waals surface area contributed by atoms with E-state index >= 15 is 0 Å². The largest absolute Gasteiger partial charge is 0.480 e. The van der Waals surface area contributed by atoms with Gasteiger partial charge in [-0.15, -0.1) is 0 Å². The molecule has 3 rings (SSSR count). The zero-order valence-electron chi connectivity index (χ0n) is 12.4. The lowest BCUT2D eigenvalue weighted by Crippen LogP contribution is -2.44. The Morgan fingerprint density at radius 3 is 2.54 bits per heavy atom. The van der Waals surface area contributed by atoms with Crippen molar-refractivity contribution in [3.8, 4) is 17.6 Å². The molecule has 2 atom stereocenters. The number of ether oxygens (including phenoxy) is 1. The van der Waals surface area contributed by atoms with E-state index < -0.39 is 18.2 Å². The highest BCUT2D eigenvalue weighted by Gasteiger charge is 2.34. The highest BCUT2D eigenvalue weighted by atomic mass is 35.5. The number of halogens is 1. The minimum Gasteiger partial charge on any atom is -0.480 e. The Morgan fingerprint density at radius 2 is 1.83 bits per heavy atom. The maximum Gasteiger partial charge on any atom is 0.327 e. The van der Waals surface area contributed by atoms with Crippen LogP contribution >= 0.6 is 11.6 Å². The van der Waals surface area contributed by atoms with Gasteiger partial charge in [0.2, 0.25) is 0 Å². The van der Waals surface area contributed by atoms with Crippen LogP contribution in [-0.2, 0) is 4.79 Å². The smallest absolute Gasteiger partial charge is 0.327 e. The van der Waals surface area contributed by atoms with Crippen molar-refractivity contribution < 1.29 is 14.6 Å². The van der Waals surface area contributed by atoms with E-state index in [4.69, 9.17) is 21.4 Å². The van der Waals surface area contributed by atoms with Crippen LogP contribution in [0.2, 0.25) is 5.02 Å². The molecule has 0 saturated carbocycles. The summed E-state index contributed by atoms with van der Waals surface area (Å²) in [6.45, 7) is 0. The van der Waals surface area contributed by atoms with Crippen molar-refractivity contribution >= 4 is 17.6 Å². The molecule has 0 spiro atoms. The van der Waals surface area contributed by atoms with Gasteiger partial charge in [0.15, 0.2) is 12.3 Å². The Labute approximate surface area is 143 Å². The lowest BCUT2D eigenvalue weighted by molar-refractivity contribution is -0.141. The van der Waals surface area contributed by atoms with Crippen molar-refractivity contribution in [3.05, 3.63) is 64.7 Å². The fourth-order valence-corrected chi connectivity index (χ4v) is 2.30. The molecule has 1 heterocycles. The number of aliphatic carboxylic acids is 1. The van der Waals surface area contributed by atoms with E-state index in [1.165, 1.54) is 0 Å². The van der Waals surface area contributed by atoms with E-state index in [1.807, 2.05) is 12.1 Å². The Hall–Kier alpha value is -2.56. The molecule has 0 aliphatic carbocycles. The minimum absolute atomic E-state index is 0.539. The predicted molar refractivity (Wildman–Crippen MR) is 89.1 cm³/mol. The summed E-state index contributed by atoms with van der Waals surface area (Å²) in [7, 11) is 0. The summed E-state index contributed by atoms with van der Waals surface area (Å²) in [5.74, 6) is 5.60. The average molecular weight is 344 g/mol. The van der Waals surface area contributed by atoms with Gasteiger partial charge >= 0.3 is 5.97 Å². The first-order valence-electron chi connectivity index (χ1n) is 7.15. The molecule has 1 saturated heterocycles.